The highest BCUT2D eigenvalue weighted by molar-refractivity contribution is 5.78. The van der Waals surface area contributed by atoms with Gasteiger partial charge >= 0.3 is 5.97 Å². The summed E-state index contributed by atoms with van der Waals surface area (Å²) in [5.74, 6) is -0.981. The summed E-state index contributed by atoms with van der Waals surface area (Å²) in [4.78, 5) is 9.25. The van der Waals surface area contributed by atoms with Crippen LogP contribution >= 0.6 is 0 Å². The zero-order chi connectivity index (χ0) is 9.49. The normalized spacial score (nSPS) is 9.45. The van der Waals surface area contributed by atoms with E-state index in [0.29, 0.717) is 6.54 Å². The van der Waals surface area contributed by atoms with Crippen LogP contribution in [0.4, 0.5) is 0 Å². The van der Waals surface area contributed by atoms with Crippen LogP contribution in [0.15, 0.2) is 12.7 Å². The molecule has 0 fully saturated rings. The molecule has 0 radical (unpaired) electrons. The predicted octanol–water partition coefficient (Wildman–Crippen LogP) is -0.0270. The molecule has 0 bridgehead atoms. The lowest BCUT2D eigenvalue weighted by Crippen LogP contribution is -2.29. The first-order valence-corrected chi connectivity index (χ1v) is 3.11. The van der Waals surface area contributed by atoms with Crippen LogP contribution in [0.5, 0.6) is 0 Å². The van der Waals surface area contributed by atoms with Crippen molar-refractivity contribution in [2.45, 2.75) is 19.4 Å². The minimum atomic E-state index is -0.981. The van der Waals surface area contributed by atoms with Crippen LogP contribution in [0.25, 0.3) is 0 Å². The Morgan fingerprint density at radius 2 is 1.91 bits per heavy atom. The molecule has 0 saturated carbocycles. The Morgan fingerprint density at radius 1 is 1.73 bits per heavy atom. The van der Waals surface area contributed by atoms with Gasteiger partial charge in [-0.1, -0.05) is 6.58 Å². The van der Waals surface area contributed by atoms with Crippen molar-refractivity contribution in [1.29, 1.82) is 0 Å². The van der Waals surface area contributed by atoms with Crippen LogP contribution in [0, 0.1) is 0 Å². The van der Waals surface area contributed by atoms with Crippen LogP contribution in [0.1, 0.15) is 13.8 Å². The Morgan fingerprint density at radius 3 is 1.91 bits per heavy atom. The molecular formula is C7H15NO3. The lowest BCUT2D eigenvalue weighted by molar-refractivity contribution is -0.131. The molecule has 0 aromatic carbocycles. The number of nitrogens with two attached hydrogens (primary N) is 1. The Kier molecular flexibility index (Phi) is 6.83. The molecule has 0 unspecified atom stereocenters. The third kappa shape index (κ3) is 27.2. The van der Waals surface area contributed by atoms with E-state index < -0.39 is 11.6 Å². The number of carbonyl (C=O) groups is 1. The summed E-state index contributed by atoms with van der Waals surface area (Å²) in [5, 5.41) is 16.3. The SMILES string of the molecule is C=CC(=O)O.CC(C)(O)CN. The van der Waals surface area contributed by atoms with Crippen molar-refractivity contribution in [2.75, 3.05) is 6.54 Å². The zero-order valence-corrected chi connectivity index (χ0v) is 6.87. The van der Waals surface area contributed by atoms with Crippen molar-refractivity contribution in [1.82, 2.24) is 0 Å². The maximum atomic E-state index is 9.25. The lowest BCUT2D eigenvalue weighted by atomic mass is 10.1. The second-order valence-corrected chi connectivity index (χ2v) is 2.56. The summed E-state index contributed by atoms with van der Waals surface area (Å²) in [7, 11) is 0. The van der Waals surface area contributed by atoms with Crippen LogP contribution in [0.3, 0.4) is 0 Å². The fraction of sp³-hybridized carbons (Fsp3) is 0.571. The molecule has 0 saturated heterocycles. The van der Waals surface area contributed by atoms with Crippen molar-refractivity contribution < 1.29 is 15.0 Å². The van der Waals surface area contributed by atoms with Crippen molar-refractivity contribution in [3.05, 3.63) is 12.7 Å². The van der Waals surface area contributed by atoms with Gasteiger partial charge < -0.3 is 15.9 Å². The van der Waals surface area contributed by atoms with Gasteiger partial charge in [0.25, 0.3) is 0 Å². The van der Waals surface area contributed by atoms with Gasteiger partial charge in [0, 0.05) is 12.6 Å². The molecule has 0 heterocycles. The van der Waals surface area contributed by atoms with E-state index in [9.17, 15) is 4.79 Å². The van der Waals surface area contributed by atoms with Crippen LogP contribution in [0.2, 0.25) is 0 Å². The van der Waals surface area contributed by atoms with Gasteiger partial charge in [0.1, 0.15) is 0 Å². The van der Waals surface area contributed by atoms with Crippen LogP contribution in [-0.4, -0.2) is 28.3 Å². The monoisotopic (exact) mass is 161 g/mol. The smallest absolute Gasteiger partial charge is 0.327 e. The van der Waals surface area contributed by atoms with Gasteiger partial charge in [0.2, 0.25) is 0 Å². The number of aliphatic carboxylic acids is 1. The second-order valence-electron chi connectivity index (χ2n) is 2.56. The van der Waals surface area contributed by atoms with E-state index in [1.165, 1.54) is 0 Å². The first-order valence-electron chi connectivity index (χ1n) is 3.11. The predicted molar refractivity (Wildman–Crippen MR) is 43.2 cm³/mol. The van der Waals surface area contributed by atoms with E-state index in [1.807, 2.05) is 0 Å². The van der Waals surface area contributed by atoms with Gasteiger partial charge in [-0.15, -0.1) is 0 Å². The minimum Gasteiger partial charge on any atom is -0.478 e. The van der Waals surface area contributed by atoms with Gasteiger partial charge in [0.15, 0.2) is 0 Å². The van der Waals surface area contributed by atoms with Gasteiger partial charge in [-0.25, -0.2) is 4.79 Å². The zero-order valence-electron chi connectivity index (χ0n) is 6.87. The van der Waals surface area contributed by atoms with Crippen molar-refractivity contribution in [2.24, 2.45) is 5.73 Å². The average Bonchev–Trinajstić information content (AvgIpc) is 1.88. The number of carboxylic acid groups (broad SMARTS) is 1. The highest BCUT2D eigenvalue weighted by atomic mass is 16.4. The molecule has 0 aliphatic heterocycles. The van der Waals surface area contributed by atoms with E-state index in [4.69, 9.17) is 15.9 Å². The summed E-state index contributed by atoms with van der Waals surface area (Å²) in [5.41, 5.74) is 4.38. The quantitative estimate of drug-likeness (QED) is 0.497. The number of aliphatic hydroxyl groups is 1. The summed E-state index contributed by atoms with van der Waals surface area (Å²) >= 11 is 0. The van der Waals surface area contributed by atoms with Crippen molar-refractivity contribution in [3.8, 4) is 0 Å². The van der Waals surface area contributed by atoms with Gasteiger partial charge in [-0.2, -0.15) is 0 Å². The molecule has 4 N–H and O–H groups in total. The fourth-order valence-corrected chi connectivity index (χ4v) is 0. The van der Waals surface area contributed by atoms with E-state index in [1.54, 1.807) is 13.8 Å². The Labute approximate surface area is 66.3 Å². The molecule has 0 aromatic rings. The molecule has 4 heteroatoms. The first kappa shape index (κ1) is 12.8. The van der Waals surface area contributed by atoms with Crippen LogP contribution in [-0.2, 0) is 4.79 Å². The number of carboxylic acids is 1. The van der Waals surface area contributed by atoms with Crippen LogP contribution < -0.4 is 5.73 Å². The van der Waals surface area contributed by atoms with E-state index in [2.05, 4.69) is 6.58 Å². The van der Waals surface area contributed by atoms with Crippen molar-refractivity contribution in [3.63, 3.8) is 0 Å². The van der Waals surface area contributed by atoms with Crippen molar-refractivity contribution >= 4 is 5.97 Å². The molecule has 0 amide bonds. The van der Waals surface area contributed by atoms with Gasteiger partial charge in [-0.05, 0) is 13.8 Å². The standard InChI is InChI=1S/C4H11NO.C3H4O2/c1-4(2,6)3-5;1-2-3(4)5/h6H,3,5H2,1-2H3;2H,1H2,(H,4,5). The molecule has 0 spiro atoms. The summed E-state index contributed by atoms with van der Waals surface area (Å²) in [6, 6.07) is 0. The largest absolute Gasteiger partial charge is 0.478 e. The molecule has 66 valence electrons. The molecule has 4 nitrogen and oxygen atoms in total. The minimum absolute atomic E-state index is 0.326. The first-order chi connectivity index (χ1) is 4.83. The maximum absolute atomic E-state index is 9.25. The Hall–Kier alpha value is -0.870. The Balaban J connectivity index is 0. The van der Waals surface area contributed by atoms with E-state index >= 15 is 0 Å². The van der Waals surface area contributed by atoms with Gasteiger partial charge in [0.05, 0.1) is 5.60 Å². The van der Waals surface area contributed by atoms with E-state index in [-0.39, 0.29) is 0 Å². The number of rotatable bonds is 2. The molecule has 0 aromatic heterocycles. The summed E-state index contributed by atoms with van der Waals surface area (Å²) in [6.45, 7) is 6.63. The molecule has 0 rings (SSSR count). The molecule has 11 heavy (non-hydrogen) atoms. The maximum Gasteiger partial charge on any atom is 0.327 e. The number of hydrogen-bond acceptors (Lipinski definition) is 3. The summed E-state index contributed by atoms with van der Waals surface area (Å²) < 4.78 is 0. The molecular weight excluding hydrogens is 146 g/mol. The number of hydrogen-bond donors (Lipinski definition) is 3. The third-order valence-corrected chi connectivity index (χ3v) is 0.674. The lowest BCUT2D eigenvalue weighted by Gasteiger charge is -2.11. The second kappa shape index (κ2) is 5.88. The molecule has 0 aliphatic carbocycles. The topological polar surface area (TPSA) is 83.5 Å². The van der Waals surface area contributed by atoms with E-state index in [0.717, 1.165) is 6.08 Å². The highest BCUT2D eigenvalue weighted by Gasteiger charge is 2.06. The van der Waals surface area contributed by atoms with Gasteiger partial charge in [-0.3, -0.25) is 0 Å². The summed E-state index contributed by atoms with van der Waals surface area (Å²) in [6.07, 6.45) is 0.833. The highest BCUT2D eigenvalue weighted by Crippen LogP contribution is 1.93. The average molecular weight is 161 g/mol. The Bertz CT molecular complexity index is 126. The molecule has 0 atom stereocenters. The molecule has 0 aliphatic rings. The fourth-order valence-electron chi connectivity index (χ4n) is 0. The third-order valence-electron chi connectivity index (χ3n) is 0.674.